The fourth-order valence-corrected chi connectivity index (χ4v) is 1.69. The van der Waals surface area contributed by atoms with E-state index in [1.54, 1.807) is 14.2 Å². The van der Waals surface area contributed by atoms with Gasteiger partial charge in [0.15, 0.2) is 5.96 Å². The van der Waals surface area contributed by atoms with Crippen molar-refractivity contribution in [2.75, 3.05) is 47.0 Å². The quantitative estimate of drug-likeness (QED) is 0.420. The maximum absolute atomic E-state index is 5.58. The van der Waals surface area contributed by atoms with E-state index in [0.717, 1.165) is 25.6 Å². The third-order valence-electron chi connectivity index (χ3n) is 2.41. The topological polar surface area (TPSA) is 46.1 Å². The molecule has 0 saturated carbocycles. The smallest absolute Gasteiger partial charge is 0.194 e. The monoisotopic (exact) mass is 227 g/mol. The van der Waals surface area contributed by atoms with E-state index in [1.807, 2.05) is 6.08 Å². The Morgan fingerprint density at radius 1 is 1.75 bits per heavy atom. The lowest BCUT2D eigenvalue weighted by Crippen LogP contribution is -2.51. The minimum absolute atomic E-state index is 0.126. The molecular weight excluding hydrogens is 206 g/mol. The summed E-state index contributed by atoms with van der Waals surface area (Å²) >= 11 is 0. The molecule has 1 atom stereocenters. The van der Waals surface area contributed by atoms with Crippen molar-refractivity contribution < 1.29 is 9.47 Å². The molecule has 1 saturated heterocycles. The van der Waals surface area contributed by atoms with Crippen LogP contribution in [-0.4, -0.2) is 64.0 Å². The van der Waals surface area contributed by atoms with Crippen LogP contribution in [0.15, 0.2) is 17.6 Å². The van der Waals surface area contributed by atoms with E-state index in [0.29, 0.717) is 13.2 Å². The van der Waals surface area contributed by atoms with Gasteiger partial charge >= 0.3 is 0 Å². The molecule has 0 bridgehead atoms. The summed E-state index contributed by atoms with van der Waals surface area (Å²) in [5, 5.41) is 3.21. The molecule has 5 nitrogen and oxygen atoms in total. The second-order valence-corrected chi connectivity index (χ2v) is 3.61. The van der Waals surface area contributed by atoms with Gasteiger partial charge in [0.2, 0.25) is 0 Å². The Morgan fingerprint density at radius 3 is 3.19 bits per heavy atom. The van der Waals surface area contributed by atoms with E-state index in [-0.39, 0.29) is 6.10 Å². The Balaban J connectivity index is 2.47. The number of hydrogen-bond acceptors (Lipinski definition) is 3. The highest BCUT2D eigenvalue weighted by Gasteiger charge is 2.22. The summed E-state index contributed by atoms with van der Waals surface area (Å²) in [6.45, 7) is 7.40. The molecule has 92 valence electrons. The fraction of sp³-hybridized carbons (Fsp3) is 0.727. The largest absolute Gasteiger partial charge is 0.382 e. The highest BCUT2D eigenvalue weighted by atomic mass is 16.5. The molecule has 1 rings (SSSR count). The molecule has 1 aliphatic heterocycles. The molecule has 0 aromatic heterocycles. The van der Waals surface area contributed by atoms with Gasteiger partial charge in [0, 0.05) is 33.8 Å². The Bertz CT molecular complexity index is 241. The fourth-order valence-electron chi connectivity index (χ4n) is 1.69. The first-order valence-electron chi connectivity index (χ1n) is 5.48. The van der Waals surface area contributed by atoms with Gasteiger partial charge in [-0.05, 0) is 0 Å². The summed E-state index contributed by atoms with van der Waals surface area (Å²) in [5.74, 6) is 0.893. The van der Waals surface area contributed by atoms with Gasteiger partial charge in [-0.3, -0.25) is 4.99 Å². The van der Waals surface area contributed by atoms with Gasteiger partial charge in [-0.25, -0.2) is 0 Å². The number of hydrogen-bond donors (Lipinski definition) is 1. The Kier molecular flexibility index (Phi) is 5.88. The van der Waals surface area contributed by atoms with Crippen LogP contribution < -0.4 is 5.32 Å². The van der Waals surface area contributed by atoms with Crippen molar-refractivity contribution in [2.24, 2.45) is 4.99 Å². The zero-order chi connectivity index (χ0) is 11.8. The lowest BCUT2D eigenvalue weighted by atomic mass is 10.3. The molecule has 1 fully saturated rings. The highest BCUT2D eigenvalue weighted by molar-refractivity contribution is 5.80. The van der Waals surface area contributed by atoms with Crippen LogP contribution in [0.25, 0.3) is 0 Å². The van der Waals surface area contributed by atoms with Crippen LogP contribution in [-0.2, 0) is 9.47 Å². The molecule has 0 aromatic rings. The van der Waals surface area contributed by atoms with E-state index in [2.05, 4.69) is 21.8 Å². The molecule has 1 aliphatic rings. The summed E-state index contributed by atoms with van der Waals surface area (Å²) in [6, 6.07) is 0. The molecule has 0 aliphatic carbocycles. The van der Waals surface area contributed by atoms with E-state index in [4.69, 9.17) is 9.47 Å². The summed E-state index contributed by atoms with van der Waals surface area (Å²) in [6.07, 6.45) is 1.94. The minimum atomic E-state index is 0.126. The van der Waals surface area contributed by atoms with Crippen molar-refractivity contribution in [1.29, 1.82) is 0 Å². The predicted molar refractivity (Wildman–Crippen MR) is 64.7 cm³/mol. The summed E-state index contributed by atoms with van der Waals surface area (Å²) in [5.41, 5.74) is 0. The molecule has 1 N–H and O–H groups in total. The van der Waals surface area contributed by atoms with E-state index in [1.165, 1.54) is 0 Å². The lowest BCUT2D eigenvalue weighted by molar-refractivity contribution is -0.0446. The number of guanidine groups is 1. The third kappa shape index (κ3) is 3.83. The van der Waals surface area contributed by atoms with Crippen molar-refractivity contribution in [3.63, 3.8) is 0 Å². The Morgan fingerprint density at radius 2 is 2.56 bits per heavy atom. The minimum Gasteiger partial charge on any atom is -0.382 e. The standard InChI is InChI=1S/C11H21N3O2/c1-4-5-13-11(12-2)14-6-7-16-10(8-14)9-15-3/h4,10H,1,5-9H2,2-3H3,(H,12,13). The summed E-state index contributed by atoms with van der Waals surface area (Å²) in [4.78, 5) is 6.41. The van der Waals surface area contributed by atoms with Gasteiger partial charge in [-0.1, -0.05) is 6.08 Å². The summed E-state index contributed by atoms with van der Waals surface area (Å²) < 4.78 is 10.7. The number of ether oxygens (including phenoxy) is 2. The normalized spacial score (nSPS) is 22.0. The molecule has 1 heterocycles. The second-order valence-electron chi connectivity index (χ2n) is 3.61. The van der Waals surface area contributed by atoms with Gasteiger partial charge in [-0.2, -0.15) is 0 Å². The predicted octanol–water partition coefficient (Wildman–Crippen LogP) is 0.0950. The number of nitrogens with zero attached hydrogens (tertiary/aromatic N) is 2. The number of rotatable bonds is 4. The first kappa shape index (κ1) is 13.0. The maximum Gasteiger partial charge on any atom is 0.194 e. The van der Waals surface area contributed by atoms with E-state index in [9.17, 15) is 0 Å². The molecule has 1 unspecified atom stereocenters. The van der Waals surface area contributed by atoms with Crippen LogP contribution in [0.5, 0.6) is 0 Å². The number of aliphatic imine (C=N–C) groups is 1. The lowest BCUT2D eigenvalue weighted by Gasteiger charge is -2.34. The van der Waals surface area contributed by atoms with Crippen molar-refractivity contribution in [1.82, 2.24) is 10.2 Å². The molecule has 0 aromatic carbocycles. The van der Waals surface area contributed by atoms with E-state index < -0.39 is 0 Å². The molecular formula is C11H21N3O2. The van der Waals surface area contributed by atoms with Gasteiger partial charge in [0.05, 0.1) is 19.3 Å². The van der Waals surface area contributed by atoms with Crippen LogP contribution in [0.2, 0.25) is 0 Å². The van der Waals surface area contributed by atoms with Crippen molar-refractivity contribution in [3.05, 3.63) is 12.7 Å². The number of morpholine rings is 1. The van der Waals surface area contributed by atoms with Crippen LogP contribution in [0.1, 0.15) is 0 Å². The highest BCUT2D eigenvalue weighted by Crippen LogP contribution is 2.05. The first-order chi connectivity index (χ1) is 7.81. The van der Waals surface area contributed by atoms with Crippen LogP contribution >= 0.6 is 0 Å². The molecule has 0 radical (unpaired) electrons. The van der Waals surface area contributed by atoms with Crippen molar-refractivity contribution in [3.8, 4) is 0 Å². The maximum atomic E-state index is 5.58. The Labute approximate surface area is 97.1 Å². The zero-order valence-electron chi connectivity index (χ0n) is 10.1. The zero-order valence-corrected chi connectivity index (χ0v) is 10.1. The average molecular weight is 227 g/mol. The van der Waals surface area contributed by atoms with Crippen molar-refractivity contribution >= 4 is 5.96 Å². The first-order valence-corrected chi connectivity index (χ1v) is 5.48. The molecule has 0 amide bonds. The van der Waals surface area contributed by atoms with Gasteiger partial charge in [-0.15, -0.1) is 6.58 Å². The third-order valence-corrected chi connectivity index (χ3v) is 2.41. The van der Waals surface area contributed by atoms with Crippen LogP contribution in [0, 0.1) is 0 Å². The average Bonchev–Trinajstić information content (AvgIpc) is 2.31. The Hall–Kier alpha value is -1.07. The van der Waals surface area contributed by atoms with Gasteiger partial charge in [0.25, 0.3) is 0 Å². The van der Waals surface area contributed by atoms with Crippen LogP contribution in [0.4, 0.5) is 0 Å². The summed E-state index contributed by atoms with van der Waals surface area (Å²) in [7, 11) is 3.47. The number of methoxy groups -OCH3 is 1. The second kappa shape index (κ2) is 7.24. The van der Waals surface area contributed by atoms with Gasteiger partial charge in [0.1, 0.15) is 0 Å². The molecule has 16 heavy (non-hydrogen) atoms. The van der Waals surface area contributed by atoms with Crippen LogP contribution in [0.3, 0.4) is 0 Å². The van der Waals surface area contributed by atoms with E-state index >= 15 is 0 Å². The number of nitrogens with one attached hydrogen (secondary N) is 1. The van der Waals surface area contributed by atoms with Gasteiger partial charge < -0.3 is 19.7 Å². The molecule has 5 heteroatoms. The SMILES string of the molecule is C=CCNC(=NC)N1CCOC(COC)C1. The molecule has 0 spiro atoms. The van der Waals surface area contributed by atoms with Crippen molar-refractivity contribution in [2.45, 2.75) is 6.10 Å².